The van der Waals surface area contributed by atoms with Crippen molar-refractivity contribution in [2.75, 3.05) is 10.6 Å². The quantitative estimate of drug-likeness (QED) is 0.625. The molecule has 0 spiro atoms. The monoisotopic (exact) mass is 383 g/mol. The summed E-state index contributed by atoms with van der Waals surface area (Å²) >= 11 is 0. The Morgan fingerprint density at radius 2 is 2.07 bits per heavy atom. The van der Waals surface area contributed by atoms with E-state index >= 15 is 0 Å². The van der Waals surface area contributed by atoms with Gasteiger partial charge in [-0.15, -0.1) is 0 Å². The number of nitrogens with two attached hydrogens (primary N) is 1. The van der Waals surface area contributed by atoms with Crippen LogP contribution in [0.5, 0.6) is 0 Å². The van der Waals surface area contributed by atoms with Gasteiger partial charge in [-0.2, -0.15) is 4.98 Å². The summed E-state index contributed by atoms with van der Waals surface area (Å²) in [6.07, 6.45) is 7.90. The molecule has 5 atom stereocenters. The molecule has 4 fully saturated rings. The number of hydrogen-bond donors (Lipinski definition) is 4. The molecule has 8 nitrogen and oxygen atoms in total. The minimum Gasteiger partial charge on any atom is -0.432 e. The molecule has 8 heteroatoms. The van der Waals surface area contributed by atoms with Crippen molar-refractivity contribution in [2.24, 2.45) is 23.5 Å². The molecular formula is C20H25N5O3. The van der Waals surface area contributed by atoms with Crippen molar-refractivity contribution in [2.45, 2.75) is 50.7 Å². The number of anilines is 3. The second-order valence-electron chi connectivity index (χ2n) is 8.76. The first-order valence-corrected chi connectivity index (χ1v) is 9.86. The number of aromatic nitrogens is 2. The number of pyridine rings is 1. The van der Waals surface area contributed by atoms with Gasteiger partial charge in [0.15, 0.2) is 0 Å². The molecule has 3 unspecified atom stereocenters. The largest absolute Gasteiger partial charge is 0.432 e. The van der Waals surface area contributed by atoms with E-state index in [9.17, 15) is 9.90 Å². The second kappa shape index (κ2) is 6.20. The standard InChI is InChI=1S/C20H25N5O3/c1-10-9-28-19(23-10)25-16-4-15(14(8-22-16)18(21)26)24-17-12-2-11-3-13(17)7-20(27,5-11)6-12/h4,8-9,11-13,17,27H,2-3,5-7H2,1H3,(H2,21,26)(H2,22,23,24,25)/t11?,12-,13+,17?,20?. The van der Waals surface area contributed by atoms with Crippen LogP contribution in [-0.4, -0.2) is 32.6 Å². The second-order valence-corrected chi connectivity index (χ2v) is 8.76. The fraction of sp³-hybridized carbons (Fsp3) is 0.550. The summed E-state index contributed by atoms with van der Waals surface area (Å²) < 4.78 is 5.32. The topological polar surface area (TPSA) is 126 Å². The SMILES string of the molecule is Cc1coc(Nc2cc(NC3[C@@H]4CC5C[C@H]3CC(O)(C5)C4)c(C(N)=O)cn2)n1. The average molecular weight is 383 g/mol. The maximum Gasteiger partial charge on any atom is 0.300 e. The van der Waals surface area contributed by atoms with Crippen LogP contribution >= 0.6 is 0 Å². The van der Waals surface area contributed by atoms with Crippen LogP contribution in [0.3, 0.4) is 0 Å². The van der Waals surface area contributed by atoms with E-state index in [-0.39, 0.29) is 6.04 Å². The average Bonchev–Trinajstić information content (AvgIpc) is 3.01. The third kappa shape index (κ3) is 3.01. The summed E-state index contributed by atoms with van der Waals surface area (Å²) in [6, 6.07) is 2.35. The highest BCUT2D eigenvalue weighted by molar-refractivity contribution is 5.98. The van der Waals surface area contributed by atoms with Crippen LogP contribution < -0.4 is 16.4 Å². The Kier molecular flexibility index (Phi) is 3.87. The molecule has 5 N–H and O–H groups in total. The van der Waals surface area contributed by atoms with Crippen molar-refractivity contribution in [1.29, 1.82) is 0 Å². The van der Waals surface area contributed by atoms with Crippen LogP contribution in [0.1, 0.15) is 48.2 Å². The number of rotatable bonds is 5. The van der Waals surface area contributed by atoms with Crippen molar-refractivity contribution in [3.8, 4) is 0 Å². The van der Waals surface area contributed by atoms with Gasteiger partial charge in [-0.05, 0) is 56.8 Å². The van der Waals surface area contributed by atoms with Crippen molar-refractivity contribution in [1.82, 2.24) is 9.97 Å². The Morgan fingerprint density at radius 1 is 1.32 bits per heavy atom. The minimum atomic E-state index is -0.518. The van der Waals surface area contributed by atoms with Gasteiger partial charge in [0.2, 0.25) is 0 Å². The molecule has 0 radical (unpaired) electrons. The molecule has 0 aliphatic heterocycles. The molecule has 148 valence electrons. The van der Waals surface area contributed by atoms with Gasteiger partial charge in [0.1, 0.15) is 12.1 Å². The highest BCUT2D eigenvalue weighted by Crippen LogP contribution is 2.56. The van der Waals surface area contributed by atoms with Gasteiger partial charge < -0.3 is 20.6 Å². The van der Waals surface area contributed by atoms with Crippen molar-refractivity contribution in [3.63, 3.8) is 0 Å². The lowest BCUT2D eigenvalue weighted by Crippen LogP contribution is -2.59. The number of nitrogens with zero attached hydrogens (tertiary/aromatic N) is 2. The Bertz CT molecular complexity index is 910. The first-order chi connectivity index (χ1) is 13.4. The number of primary amides is 1. The lowest BCUT2D eigenvalue weighted by Gasteiger charge is -2.58. The predicted octanol–water partition coefficient (Wildman–Crippen LogP) is 2.57. The first kappa shape index (κ1) is 17.5. The number of aryl methyl sites for hydroxylation is 1. The van der Waals surface area contributed by atoms with Gasteiger partial charge in [-0.25, -0.2) is 4.98 Å². The van der Waals surface area contributed by atoms with E-state index in [0.717, 1.165) is 37.8 Å². The first-order valence-electron chi connectivity index (χ1n) is 9.86. The van der Waals surface area contributed by atoms with Gasteiger partial charge in [0, 0.05) is 18.3 Å². The number of amides is 1. The summed E-state index contributed by atoms with van der Waals surface area (Å²) in [7, 11) is 0. The van der Waals surface area contributed by atoms with E-state index in [4.69, 9.17) is 10.2 Å². The third-order valence-electron chi connectivity index (χ3n) is 6.59. The summed E-state index contributed by atoms with van der Waals surface area (Å²) in [5, 5.41) is 17.4. The molecule has 6 rings (SSSR count). The zero-order valence-corrected chi connectivity index (χ0v) is 15.8. The highest BCUT2D eigenvalue weighted by Gasteiger charge is 2.54. The van der Waals surface area contributed by atoms with E-state index in [2.05, 4.69) is 20.6 Å². The van der Waals surface area contributed by atoms with E-state index in [1.165, 1.54) is 6.20 Å². The summed E-state index contributed by atoms with van der Waals surface area (Å²) in [6.45, 7) is 1.84. The summed E-state index contributed by atoms with van der Waals surface area (Å²) in [5.41, 5.74) is 6.88. The molecule has 4 aliphatic carbocycles. The lowest BCUT2D eigenvalue weighted by atomic mass is 9.52. The molecule has 1 amide bonds. The van der Waals surface area contributed by atoms with Gasteiger partial charge in [-0.3, -0.25) is 10.1 Å². The number of carbonyl (C=O) groups excluding carboxylic acids is 1. The van der Waals surface area contributed by atoms with Crippen LogP contribution in [0.4, 0.5) is 17.5 Å². The Morgan fingerprint density at radius 3 is 2.68 bits per heavy atom. The third-order valence-corrected chi connectivity index (χ3v) is 6.59. The van der Waals surface area contributed by atoms with Gasteiger partial charge in [0.25, 0.3) is 11.9 Å². The number of oxazole rings is 1. The maximum atomic E-state index is 11.9. The molecule has 2 aromatic heterocycles. The highest BCUT2D eigenvalue weighted by atomic mass is 16.4. The van der Waals surface area contributed by atoms with Crippen molar-refractivity contribution < 1.29 is 14.3 Å². The fourth-order valence-electron chi connectivity index (χ4n) is 5.76. The minimum absolute atomic E-state index is 0.231. The van der Waals surface area contributed by atoms with E-state index in [1.54, 1.807) is 12.3 Å². The van der Waals surface area contributed by atoms with Crippen LogP contribution in [0.25, 0.3) is 0 Å². The predicted molar refractivity (Wildman–Crippen MR) is 103 cm³/mol. The van der Waals surface area contributed by atoms with E-state index in [1.807, 2.05) is 6.92 Å². The van der Waals surface area contributed by atoms with E-state index in [0.29, 0.717) is 40.8 Å². The number of hydrogen-bond acceptors (Lipinski definition) is 7. The maximum absolute atomic E-state index is 11.9. The van der Waals surface area contributed by atoms with Crippen molar-refractivity contribution >= 4 is 23.4 Å². The fourth-order valence-corrected chi connectivity index (χ4v) is 5.76. The normalized spacial score (nSPS) is 33.1. The van der Waals surface area contributed by atoms with Crippen LogP contribution in [0.15, 0.2) is 22.9 Å². The molecule has 4 aliphatic rings. The summed E-state index contributed by atoms with van der Waals surface area (Å²) in [5.74, 6) is 1.46. The molecule has 4 bridgehead atoms. The molecule has 28 heavy (non-hydrogen) atoms. The summed E-state index contributed by atoms with van der Waals surface area (Å²) in [4.78, 5) is 20.4. The molecule has 0 saturated heterocycles. The molecule has 2 heterocycles. The van der Waals surface area contributed by atoms with Crippen molar-refractivity contribution in [3.05, 3.63) is 29.8 Å². The van der Waals surface area contributed by atoms with Crippen LogP contribution in [-0.2, 0) is 0 Å². The molecule has 0 aromatic carbocycles. The Labute approximate surface area is 162 Å². The number of carbonyl (C=O) groups is 1. The molecular weight excluding hydrogens is 358 g/mol. The van der Waals surface area contributed by atoms with E-state index < -0.39 is 11.5 Å². The van der Waals surface area contributed by atoms with Crippen LogP contribution in [0.2, 0.25) is 0 Å². The zero-order chi connectivity index (χ0) is 19.5. The van der Waals surface area contributed by atoms with Crippen LogP contribution in [0, 0.1) is 24.7 Å². The smallest absolute Gasteiger partial charge is 0.300 e. The molecule has 2 aromatic rings. The zero-order valence-electron chi connectivity index (χ0n) is 15.8. The van der Waals surface area contributed by atoms with Gasteiger partial charge in [-0.1, -0.05) is 0 Å². The Hall–Kier alpha value is -2.61. The van der Waals surface area contributed by atoms with Gasteiger partial charge >= 0.3 is 0 Å². The molecule has 4 saturated carbocycles. The number of aliphatic hydroxyl groups is 1. The van der Waals surface area contributed by atoms with Gasteiger partial charge in [0.05, 0.1) is 22.5 Å². The number of nitrogens with one attached hydrogen (secondary N) is 2. The Balaban J connectivity index is 1.42. The lowest BCUT2D eigenvalue weighted by molar-refractivity contribution is -0.129.